The number of hydrogen-bond acceptors (Lipinski definition) is 4. The summed E-state index contributed by atoms with van der Waals surface area (Å²) in [6.07, 6.45) is -1.01. The van der Waals surface area contributed by atoms with Crippen molar-refractivity contribution in [3.8, 4) is 0 Å². The van der Waals surface area contributed by atoms with E-state index in [4.69, 9.17) is 20.1 Å². The molecule has 0 saturated carbocycles. The molecule has 4 heteroatoms. The van der Waals surface area contributed by atoms with Crippen LogP contribution in [-0.2, 0) is 4.74 Å². The first-order valence-corrected chi connectivity index (χ1v) is 3.31. The van der Waals surface area contributed by atoms with Crippen LogP contribution in [0.4, 0.5) is 0 Å². The van der Waals surface area contributed by atoms with E-state index in [9.17, 15) is 0 Å². The van der Waals surface area contributed by atoms with Crippen LogP contribution in [0.25, 0.3) is 0 Å². The normalized spacial score (nSPS) is 40.5. The van der Waals surface area contributed by atoms with Crippen molar-refractivity contribution in [1.82, 2.24) is 0 Å². The highest BCUT2D eigenvalue weighted by Gasteiger charge is 2.34. The smallest absolute Gasteiger partial charge is 0.0882 e. The Kier molecular flexibility index (Phi) is 2.62. The molecular formula is C6H12O4. The zero-order chi connectivity index (χ0) is 7.56. The van der Waals surface area contributed by atoms with E-state index < -0.39 is 6.10 Å². The van der Waals surface area contributed by atoms with Crippen molar-refractivity contribution < 1.29 is 20.1 Å². The van der Waals surface area contributed by atoms with Crippen LogP contribution >= 0.6 is 0 Å². The molecule has 0 aromatic rings. The molecular weight excluding hydrogens is 136 g/mol. The molecule has 3 N–H and O–H groups in total. The topological polar surface area (TPSA) is 69.9 Å². The van der Waals surface area contributed by atoms with Gasteiger partial charge in [0.15, 0.2) is 0 Å². The van der Waals surface area contributed by atoms with Gasteiger partial charge in [0.1, 0.15) is 0 Å². The molecule has 1 aliphatic rings. The molecule has 60 valence electrons. The lowest BCUT2D eigenvalue weighted by Crippen LogP contribution is -2.29. The van der Waals surface area contributed by atoms with Gasteiger partial charge in [0, 0.05) is 5.92 Å². The molecule has 0 aromatic heterocycles. The fourth-order valence-electron chi connectivity index (χ4n) is 1.14. The summed E-state index contributed by atoms with van der Waals surface area (Å²) in [6, 6.07) is 0. The lowest BCUT2D eigenvalue weighted by molar-refractivity contribution is 0.0260. The summed E-state index contributed by atoms with van der Waals surface area (Å²) in [5.74, 6) is -0.315. The van der Waals surface area contributed by atoms with Crippen LogP contribution in [0.2, 0.25) is 0 Å². The van der Waals surface area contributed by atoms with Gasteiger partial charge < -0.3 is 20.1 Å². The van der Waals surface area contributed by atoms with Gasteiger partial charge in [-0.15, -0.1) is 0 Å². The zero-order valence-corrected chi connectivity index (χ0v) is 5.60. The molecule has 0 spiro atoms. The lowest BCUT2D eigenvalue weighted by atomic mass is 10.0. The van der Waals surface area contributed by atoms with Crippen LogP contribution in [0, 0.1) is 5.92 Å². The third-order valence-electron chi connectivity index (χ3n) is 1.84. The minimum atomic E-state index is -0.623. The summed E-state index contributed by atoms with van der Waals surface area (Å²) in [6.45, 7) is -0.0505. The number of aliphatic hydroxyl groups excluding tert-OH is 3. The molecule has 3 atom stereocenters. The van der Waals surface area contributed by atoms with E-state index in [0.29, 0.717) is 0 Å². The maximum atomic E-state index is 9.09. The molecule has 0 unspecified atom stereocenters. The summed E-state index contributed by atoms with van der Waals surface area (Å²) in [4.78, 5) is 0. The highest BCUT2D eigenvalue weighted by atomic mass is 16.5. The number of ether oxygens (including phenoxy) is 1. The summed E-state index contributed by atoms with van der Waals surface area (Å²) in [7, 11) is 0. The van der Waals surface area contributed by atoms with E-state index in [-0.39, 0.29) is 31.8 Å². The zero-order valence-electron chi connectivity index (χ0n) is 5.60. The van der Waals surface area contributed by atoms with Crippen molar-refractivity contribution in [2.24, 2.45) is 5.92 Å². The molecule has 0 bridgehead atoms. The number of aliphatic hydroxyl groups is 3. The third-order valence-corrected chi connectivity index (χ3v) is 1.84. The van der Waals surface area contributed by atoms with Gasteiger partial charge in [-0.3, -0.25) is 0 Å². The van der Waals surface area contributed by atoms with Gasteiger partial charge in [-0.05, 0) is 0 Å². The van der Waals surface area contributed by atoms with Crippen molar-refractivity contribution in [3.63, 3.8) is 0 Å². The highest BCUT2D eigenvalue weighted by molar-refractivity contribution is 4.82. The average Bonchev–Trinajstić information content (AvgIpc) is 2.30. The van der Waals surface area contributed by atoms with E-state index in [1.807, 2.05) is 0 Å². The maximum Gasteiger partial charge on any atom is 0.0882 e. The second-order valence-corrected chi connectivity index (χ2v) is 2.47. The Morgan fingerprint density at radius 2 is 2.00 bits per heavy atom. The van der Waals surface area contributed by atoms with Gasteiger partial charge in [0.25, 0.3) is 0 Å². The Labute approximate surface area is 59.1 Å². The van der Waals surface area contributed by atoms with E-state index in [1.165, 1.54) is 0 Å². The van der Waals surface area contributed by atoms with E-state index in [2.05, 4.69) is 0 Å². The molecule has 0 aromatic carbocycles. The predicted molar refractivity (Wildman–Crippen MR) is 33.4 cm³/mol. The fraction of sp³-hybridized carbons (Fsp3) is 1.00. The average molecular weight is 148 g/mol. The second kappa shape index (κ2) is 3.30. The Hall–Kier alpha value is -0.160. The molecule has 1 rings (SSSR count). The first-order chi connectivity index (χ1) is 4.79. The van der Waals surface area contributed by atoms with Crippen molar-refractivity contribution in [3.05, 3.63) is 0 Å². The molecule has 1 heterocycles. The second-order valence-electron chi connectivity index (χ2n) is 2.47. The van der Waals surface area contributed by atoms with Crippen molar-refractivity contribution in [2.45, 2.75) is 12.2 Å². The first-order valence-electron chi connectivity index (χ1n) is 3.31. The summed E-state index contributed by atoms with van der Waals surface area (Å²) in [5.41, 5.74) is 0. The monoisotopic (exact) mass is 148 g/mol. The minimum Gasteiger partial charge on any atom is -0.396 e. The SMILES string of the molecule is OC[C@@H]1[C@H](O)CO[C@H]1CO. The molecule has 10 heavy (non-hydrogen) atoms. The van der Waals surface area contributed by atoms with Gasteiger partial charge in [-0.25, -0.2) is 0 Å². The predicted octanol–water partition coefficient (Wildman–Crippen LogP) is -1.65. The van der Waals surface area contributed by atoms with Crippen LogP contribution in [0.3, 0.4) is 0 Å². The number of hydrogen-bond donors (Lipinski definition) is 3. The lowest BCUT2D eigenvalue weighted by Gasteiger charge is -2.14. The molecule has 1 fully saturated rings. The Morgan fingerprint density at radius 1 is 1.30 bits per heavy atom. The fourth-order valence-corrected chi connectivity index (χ4v) is 1.14. The Bertz CT molecular complexity index is 106. The van der Waals surface area contributed by atoms with Crippen LogP contribution in [0.5, 0.6) is 0 Å². The van der Waals surface area contributed by atoms with Gasteiger partial charge >= 0.3 is 0 Å². The summed E-state index contributed by atoms with van der Waals surface area (Å²) >= 11 is 0. The molecule has 0 radical (unpaired) electrons. The molecule has 1 saturated heterocycles. The van der Waals surface area contributed by atoms with Crippen LogP contribution in [-0.4, -0.2) is 47.3 Å². The van der Waals surface area contributed by atoms with Crippen molar-refractivity contribution in [1.29, 1.82) is 0 Å². The van der Waals surface area contributed by atoms with E-state index in [1.54, 1.807) is 0 Å². The standard InChI is InChI=1S/C6H12O4/c7-1-4-5(9)3-10-6(4)2-8/h4-9H,1-3H2/t4-,5-,6+/m1/s1. The van der Waals surface area contributed by atoms with E-state index >= 15 is 0 Å². The quantitative estimate of drug-likeness (QED) is 0.438. The van der Waals surface area contributed by atoms with Crippen molar-refractivity contribution >= 4 is 0 Å². The molecule has 4 nitrogen and oxygen atoms in total. The van der Waals surface area contributed by atoms with Crippen LogP contribution < -0.4 is 0 Å². The van der Waals surface area contributed by atoms with Gasteiger partial charge in [0.2, 0.25) is 0 Å². The maximum absolute atomic E-state index is 9.09. The minimum absolute atomic E-state index is 0.133. The van der Waals surface area contributed by atoms with Crippen LogP contribution in [0.1, 0.15) is 0 Å². The Morgan fingerprint density at radius 3 is 2.40 bits per heavy atom. The molecule has 0 aliphatic carbocycles. The molecule has 0 amide bonds. The summed E-state index contributed by atoms with van der Waals surface area (Å²) < 4.78 is 4.96. The van der Waals surface area contributed by atoms with Gasteiger partial charge in [-0.1, -0.05) is 0 Å². The van der Waals surface area contributed by atoms with Gasteiger partial charge in [-0.2, -0.15) is 0 Å². The van der Waals surface area contributed by atoms with E-state index in [0.717, 1.165) is 0 Å². The Balaban J connectivity index is 2.45. The largest absolute Gasteiger partial charge is 0.396 e. The van der Waals surface area contributed by atoms with Crippen LogP contribution in [0.15, 0.2) is 0 Å². The van der Waals surface area contributed by atoms with Gasteiger partial charge in [0.05, 0.1) is 32.0 Å². The number of rotatable bonds is 2. The van der Waals surface area contributed by atoms with Crippen molar-refractivity contribution in [2.75, 3.05) is 19.8 Å². The molecule has 1 aliphatic heterocycles. The summed E-state index contributed by atoms with van der Waals surface area (Å²) in [5, 5.41) is 26.4. The first kappa shape index (κ1) is 7.94. The highest BCUT2D eigenvalue weighted by Crippen LogP contribution is 2.20. The third kappa shape index (κ3) is 1.29.